The summed E-state index contributed by atoms with van der Waals surface area (Å²) < 4.78 is 18.0. The van der Waals surface area contributed by atoms with Gasteiger partial charge in [0.15, 0.2) is 0 Å². The first-order chi connectivity index (χ1) is 54.0. The average Bonchev–Trinajstić information content (AvgIpc) is 0.953. The maximum absolute atomic E-state index is 11.9. The van der Waals surface area contributed by atoms with Crippen molar-refractivity contribution in [2.24, 2.45) is 0 Å². The van der Waals surface area contributed by atoms with Crippen LogP contribution in [-0.2, 0) is 76.5 Å². The molecule has 0 aromatic heterocycles. The molecule has 2 radical (unpaired) electrons. The number of nitrogens with one attached hydrogen (secondary N) is 4. The molecule has 0 aromatic rings. The van der Waals surface area contributed by atoms with Gasteiger partial charge < -0.3 is 60.6 Å². The Morgan fingerprint density at radius 3 is 0.425 bits per heavy atom. The van der Waals surface area contributed by atoms with Crippen LogP contribution in [0.2, 0.25) is 0 Å². The molecule has 0 bridgehead atoms. The maximum Gasteiger partial charge on any atom is 0.326 e. The predicted molar refractivity (Wildman–Crippen MR) is 450 cm³/mol. The van der Waals surface area contributed by atoms with E-state index in [9.17, 15) is 57.5 Å². The molecular formula is C88H164N4O20Se. The molecule has 0 spiro atoms. The number of hydrogen-bond acceptors (Lipinski definition) is 16. The number of carbonyl (C=O) groups excluding carboxylic acids is 8. The van der Waals surface area contributed by atoms with Crippen molar-refractivity contribution in [2.75, 3.05) is 28.4 Å². The second-order valence-corrected chi connectivity index (χ2v) is 30.3. The van der Waals surface area contributed by atoms with Gasteiger partial charge in [0.25, 0.3) is 0 Å². The number of hydrogen-bond donors (Lipinski definition) is 8. The van der Waals surface area contributed by atoms with E-state index in [1.54, 1.807) is 0 Å². The van der Waals surface area contributed by atoms with Crippen molar-refractivity contribution in [1.82, 2.24) is 21.3 Å². The van der Waals surface area contributed by atoms with Gasteiger partial charge in [0.05, 0.1) is 28.4 Å². The Labute approximate surface area is 694 Å². The molecule has 0 heterocycles. The van der Waals surface area contributed by atoms with Gasteiger partial charge in [-0.1, -0.05) is 336 Å². The van der Waals surface area contributed by atoms with Crippen LogP contribution < -0.4 is 21.3 Å². The second kappa shape index (κ2) is 90.1. The Bertz CT molecular complexity index is 2020. The molecule has 0 unspecified atom stereocenters. The van der Waals surface area contributed by atoms with Crippen LogP contribution in [0, 0.1) is 0 Å². The van der Waals surface area contributed by atoms with E-state index in [4.69, 9.17) is 20.4 Å². The Morgan fingerprint density at radius 1 is 0.204 bits per heavy atom. The number of amides is 4. The molecule has 0 rings (SSSR count). The summed E-state index contributed by atoms with van der Waals surface area (Å²) in [7, 11) is 5.02. The first-order valence-electron chi connectivity index (χ1n) is 44.4. The summed E-state index contributed by atoms with van der Waals surface area (Å²) in [5.74, 6) is -7.44. The minimum Gasteiger partial charge on any atom is -0.480 e. The zero-order valence-corrected chi connectivity index (χ0v) is 74.0. The number of aliphatic carboxylic acids is 4. The van der Waals surface area contributed by atoms with Gasteiger partial charge in [0.1, 0.15) is 24.2 Å². The van der Waals surface area contributed by atoms with Crippen molar-refractivity contribution >= 4 is 88.5 Å². The third-order valence-corrected chi connectivity index (χ3v) is 20.0. The van der Waals surface area contributed by atoms with Gasteiger partial charge in [0.2, 0.25) is 23.6 Å². The van der Waals surface area contributed by atoms with Crippen molar-refractivity contribution in [3.63, 3.8) is 0 Å². The summed E-state index contributed by atoms with van der Waals surface area (Å²) in [6.45, 7) is 8.97. The van der Waals surface area contributed by atoms with E-state index in [1.807, 2.05) is 0 Å². The number of carbonyl (C=O) groups is 12. The summed E-state index contributed by atoms with van der Waals surface area (Å²) in [5, 5.41) is 46.5. The van der Waals surface area contributed by atoms with Gasteiger partial charge in [-0.2, -0.15) is 0 Å². The van der Waals surface area contributed by atoms with Crippen molar-refractivity contribution in [1.29, 1.82) is 0 Å². The molecule has 4 atom stereocenters. The molecule has 113 heavy (non-hydrogen) atoms. The quantitative estimate of drug-likeness (QED) is 0.0121. The van der Waals surface area contributed by atoms with Crippen molar-refractivity contribution in [3.8, 4) is 0 Å². The molecule has 0 saturated heterocycles. The van der Waals surface area contributed by atoms with Crippen LogP contribution in [0.25, 0.3) is 0 Å². The SMILES string of the molecule is CCCCCCCCCCCCCCCC(=O)N[C@@H](CCC(=O)OC)C(=O)O.CCCCCCCCCCCCCCCC(=O)N[C@@H](CCC(=O)OC)C(=O)O.CCCCCCCCCCCCCCCC(=O)N[C@@H](CCC(=O)OC)C(=O)O.CCCCCCCCCCCCCCCC(=O)N[C@@H](CCC(=O)OC)C(=O)O.[Se]. The van der Waals surface area contributed by atoms with Crippen LogP contribution in [0.3, 0.4) is 0 Å². The fourth-order valence-corrected chi connectivity index (χ4v) is 12.8. The molecule has 0 saturated carbocycles. The third-order valence-electron chi connectivity index (χ3n) is 20.0. The smallest absolute Gasteiger partial charge is 0.326 e. The minimum absolute atomic E-state index is 0. The molecule has 25 heteroatoms. The fourth-order valence-electron chi connectivity index (χ4n) is 12.8. The van der Waals surface area contributed by atoms with E-state index in [2.05, 4.69) is 67.9 Å². The summed E-state index contributed by atoms with van der Waals surface area (Å²) in [4.78, 5) is 137. The second-order valence-electron chi connectivity index (χ2n) is 30.3. The van der Waals surface area contributed by atoms with Crippen LogP contribution in [0.5, 0.6) is 0 Å². The van der Waals surface area contributed by atoms with Crippen molar-refractivity contribution in [2.45, 2.75) is 463 Å². The Hall–Kier alpha value is -5.84. The first-order valence-corrected chi connectivity index (χ1v) is 44.4. The molecule has 0 aliphatic rings. The van der Waals surface area contributed by atoms with E-state index in [1.165, 1.54) is 285 Å². The average molecular weight is 1680 g/mol. The largest absolute Gasteiger partial charge is 0.480 e. The van der Waals surface area contributed by atoms with Gasteiger partial charge in [0, 0.05) is 68.4 Å². The summed E-state index contributed by atoms with van der Waals surface area (Å²) in [5.41, 5.74) is 0. The number of ether oxygens (including phenoxy) is 4. The van der Waals surface area contributed by atoms with E-state index in [0.29, 0.717) is 25.7 Å². The van der Waals surface area contributed by atoms with E-state index >= 15 is 0 Å². The van der Waals surface area contributed by atoms with E-state index in [0.717, 1.165) is 77.0 Å². The fraction of sp³-hybridized carbons (Fsp3) is 0.864. The standard InChI is InChI=1S/4C22H41NO5.Se/c4*1-3-4-5-6-7-8-9-10-11-12-13-14-15-16-20(24)23-19(22(26)27)17-18-21(25)28-2;/h4*19H,3-18H2,1-2H3,(H,23,24)(H,26,27);/t4*19-;/m0000./s1. The van der Waals surface area contributed by atoms with Crippen molar-refractivity contribution < 1.29 is 96.9 Å². The summed E-state index contributed by atoms with van der Waals surface area (Å²) in [6.07, 6.45) is 65.9. The van der Waals surface area contributed by atoms with Gasteiger partial charge in [-0.15, -0.1) is 0 Å². The zero-order chi connectivity index (χ0) is 84.1. The van der Waals surface area contributed by atoms with Gasteiger partial charge in [-0.25, -0.2) is 19.2 Å². The molecule has 4 amide bonds. The van der Waals surface area contributed by atoms with Crippen LogP contribution in [-0.4, -0.2) is 161 Å². The minimum atomic E-state index is -1.12. The Kier molecular flexibility index (Phi) is 92.2. The van der Waals surface area contributed by atoms with Gasteiger partial charge in [-0.3, -0.25) is 38.4 Å². The molecule has 0 aliphatic carbocycles. The number of esters is 4. The number of carboxylic acids is 4. The van der Waals surface area contributed by atoms with Gasteiger partial charge >= 0.3 is 47.8 Å². The molecule has 662 valence electrons. The Morgan fingerprint density at radius 2 is 0.319 bits per heavy atom. The van der Waals surface area contributed by atoms with Gasteiger partial charge in [-0.05, 0) is 51.4 Å². The van der Waals surface area contributed by atoms with Crippen LogP contribution >= 0.6 is 0 Å². The topological polar surface area (TPSA) is 371 Å². The van der Waals surface area contributed by atoms with E-state index < -0.39 is 71.9 Å². The molecular weight excluding hydrogens is 1510 g/mol. The summed E-state index contributed by atoms with van der Waals surface area (Å²) >= 11 is 0. The van der Waals surface area contributed by atoms with E-state index in [-0.39, 0.29) is 92.1 Å². The predicted octanol–water partition coefficient (Wildman–Crippen LogP) is 19.6. The van der Waals surface area contributed by atoms with Crippen LogP contribution in [0.15, 0.2) is 0 Å². The molecule has 0 fully saturated rings. The van der Waals surface area contributed by atoms with Crippen LogP contribution in [0.4, 0.5) is 0 Å². The monoisotopic (exact) mass is 1680 g/mol. The first kappa shape index (κ1) is 116. The number of rotatable bonds is 76. The molecule has 8 N–H and O–H groups in total. The third kappa shape index (κ3) is 88.4. The van der Waals surface area contributed by atoms with Crippen LogP contribution in [0.1, 0.15) is 439 Å². The maximum atomic E-state index is 11.9. The Balaban J connectivity index is -0.000000457. The molecule has 24 nitrogen and oxygen atoms in total. The number of carboxylic acid groups (broad SMARTS) is 4. The summed E-state index contributed by atoms with van der Waals surface area (Å²) in [6, 6.07) is -4.13. The number of methoxy groups -OCH3 is 4. The molecule has 0 aliphatic heterocycles. The normalized spacial score (nSPS) is 11.7. The zero-order valence-electron chi connectivity index (χ0n) is 72.3. The molecule has 0 aromatic carbocycles. The van der Waals surface area contributed by atoms with Crippen molar-refractivity contribution in [3.05, 3.63) is 0 Å². The number of unbranched alkanes of at least 4 members (excludes halogenated alkanes) is 48.